The predicted molar refractivity (Wildman–Crippen MR) is 80.6 cm³/mol. The molecule has 19 heavy (non-hydrogen) atoms. The van der Waals surface area contributed by atoms with E-state index in [1.54, 1.807) is 0 Å². The van der Waals surface area contributed by atoms with Gasteiger partial charge in [0.15, 0.2) is 0 Å². The molecule has 0 bridgehead atoms. The van der Waals surface area contributed by atoms with Gasteiger partial charge in [0.25, 0.3) is 0 Å². The van der Waals surface area contributed by atoms with Crippen LogP contribution in [0.4, 0.5) is 0 Å². The van der Waals surface area contributed by atoms with Gasteiger partial charge in [0.05, 0.1) is 5.38 Å². The van der Waals surface area contributed by atoms with Crippen molar-refractivity contribution >= 4 is 11.6 Å². The molecule has 1 aromatic heterocycles. The molecule has 1 saturated carbocycles. The average Bonchev–Trinajstić information content (AvgIpc) is 2.39. The summed E-state index contributed by atoms with van der Waals surface area (Å²) in [7, 11) is 0. The van der Waals surface area contributed by atoms with Crippen molar-refractivity contribution in [3.8, 4) is 0 Å². The van der Waals surface area contributed by atoms with Gasteiger partial charge < -0.3 is 0 Å². The van der Waals surface area contributed by atoms with Gasteiger partial charge in [-0.15, -0.1) is 11.6 Å². The van der Waals surface area contributed by atoms with E-state index < -0.39 is 0 Å². The molecule has 1 aromatic rings. The molecule has 0 amide bonds. The molecule has 0 saturated heterocycles. The largest absolute Gasteiger partial charge is 0.241 e. The molecule has 1 unspecified atom stereocenters. The minimum atomic E-state index is -0.00524. The van der Waals surface area contributed by atoms with E-state index >= 15 is 0 Å². The van der Waals surface area contributed by atoms with Crippen molar-refractivity contribution in [3.05, 3.63) is 23.3 Å². The highest BCUT2D eigenvalue weighted by atomic mass is 35.5. The van der Waals surface area contributed by atoms with Crippen molar-refractivity contribution < 1.29 is 0 Å². The van der Waals surface area contributed by atoms with E-state index in [2.05, 4.69) is 11.9 Å². The molecule has 0 N–H and O–H groups in total. The van der Waals surface area contributed by atoms with Crippen LogP contribution >= 0.6 is 11.6 Å². The number of aryl methyl sites for hydroxylation is 1. The Balaban J connectivity index is 2.02. The molecule has 1 fully saturated rings. The number of hydrogen-bond acceptors (Lipinski definition) is 2. The monoisotopic (exact) mass is 280 g/mol. The Morgan fingerprint density at radius 1 is 1.32 bits per heavy atom. The van der Waals surface area contributed by atoms with E-state index in [1.165, 1.54) is 38.5 Å². The number of alkyl halides is 1. The highest BCUT2D eigenvalue weighted by molar-refractivity contribution is 6.20. The van der Waals surface area contributed by atoms with Crippen molar-refractivity contribution in [1.82, 2.24) is 9.97 Å². The lowest BCUT2D eigenvalue weighted by molar-refractivity contribution is 0.302. The van der Waals surface area contributed by atoms with Crippen LogP contribution < -0.4 is 0 Å². The van der Waals surface area contributed by atoms with Crippen molar-refractivity contribution in [1.29, 1.82) is 0 Å². The molecule has 3 heteroatoms. The normalized spacial score (nSPS) is 25.3. The van der Waals surface area contributed by atoms with E-state index in [-0.39, 0.29) is 5.38 Å². The quantitative estimate of drug-likeness (QED) is 0.712. The van der Waals surface area contributed by atoms with Crippen molar-refractivity contribution in [3.63, 3.8) is 0 Å². The summed E-state index contributed by atoms with van der Waals surface area (Å²) >= 11 is 6.12. The molecule has 0 aromatic carbocycles. The second-order valence-corrected chi connectivity index (χ2v) is 6.55. The summed E-state index contributed by atoms with van der Waals surface area (Å²) in [6.45, 7) is 6.30. The van der Waals surface area contributed by atoms with E-state index in [4.69, 9.17) is 16.6 Å². The minimum absolute atomic E-state index is 0.00524. The van der Waals surface area contributed by atoms with Gasteiger partial charge in [0.1, 0.15) is 5.82 Å². The van der Waals surface area contributed by atoms with Crippen molar-refractivity contribution in [2.24, 2.45) is 5.92 Å². The molecule has 2 rings (SSSR count). The first-order valence-corrected chi connectivity index (χ1v) is 8.03. The fourth-order valence-corrected chi connectivity index (χ4v) is 3.41. The average molecular weight is 281 g/mol. The third-order valence-electron chi connectivity index (χ3n) is 4.37. The van der Waals surface area contributed by atoms with Crippen LogP contribution in [0, 0.1) is 12.8 Å². The molecule has 1 aliphatic rings. The van der Waals surface area contributed by atoms with Crippen molar-refractivity contribution in [2.45, 2.75) is 70.6 Å². The van der Waals surface area contributed by atoms with Gasteiger partial charge in [0, 0.05) is 23.4 Å². The van der Waals surface area contributed by atoms with E-state index in [0.717, 1.165) is 23.0 Å². The van der Waals surface area contributed by atoms with Crippen LogP contribution in [0.15, 0.2) is 6.20 Å². The molecule has 0 radical (unpaired) electrons. The maximum absolute atomic E-state index is 6.12. The fraction of sp³-hybridized carbons (Fsp3) is 0.750. The number of nitrogens with zero attached hydrogens (tertiary/aromatic N) is 2. The molecule has 1 atom stereocenters. The van der Waals surface area contributed by atoms with E-state index in [0.29, 0.717) is 5.92 Å². The lowest BCUT2D eigenvalue weighted by Crippen LogP contribution is -2.16. The number of halogens is 1. The van der Waals surface area contributed by atoms with Gasteiger partial charge in [-0.3, -0.25) is 0 Å². The second-order valence-electron chi connectivity index (χ2n) is 5.89. The van der Waals surface area contributed by atoms with Gasteiger partial charge in [-0.25, -0.2) is 9.97 Å². The summed E-state index contributed by atoms with van der Waals surface area (Å²) in [5, 5.41) is -0.00524. The third kappa shape index (κ3) is 3.68. The molecule has 0 spiro atoms. The maximum Gasteiger partial charge on any atom is 0.131 e. The predicted octanol–water partition coefficient (Wildman–Crippen LogP) is 5.16. The molecular weight excluding hydrogens is 256 g/mol. The summed E-state index contributed by atoms with van der Waals surface area (Å²) in [6, 6.07) is 0. The minimum Gasteiger partial charge on any atom is -0.241 e. The maximum atomic E-state index is 6.12. The number of hydrogen-bond donors (Lipinski definition) is 0. The Labute approximate surface area is 122 Å². The summed E-state index contributed by atoms with van der Waals surface area (Å²) < 4.78 is 0. The number of rotatable bonds is 4. The summed E-state index contributed by atoms with van der Waals surface area (Å²) in [6.07, 6.45) is 9.80. The Hall–Kier alpha value is -0.630. The summed E-state index contributed by atoms with van der Waals surface area (Å²) in [5.74, 6) is 2.53. The van der Waals surface area contributed by atoms with Gasteiger partial charge in [-0.2, -0.15) is 0 Å². The molecule has 2 nitrogen and oxygen atoms in total. The Morgan fingerprint density at radius 2 is 2.00 bits per heavy atom. The van der Waals surface area contributed by atoms with Crippen LogP contribution in [0.2, 0.25) is 0 Å². The van der Waals surface area contributed by atoms with Crippen LogP contribution in [0.25, 0.3) is 0 Å². The second kappa shape index (κ2) is 6.69. The Morgan fingerprint density at radius 3 is 2.53 bits per heavy atom. The lowest BCUT2D eigenvalue weighted by Gasteiger charge is -2.27. The zero-order chi connectivity index (χ0) is 13.8. The first-order chi connectivity index (χ1) is 9.11. The van der Waals surface area contributed by atoms with E-state index in [9.17, 15) is 0 Å². The highest BCUT2D eigenvalue weighted by Gasteiger charge is 2.24. The van der Waals surface area contributed by atoms with Crippen LogP contribution in [-0.4, -0.2) is 9.97 Å². The first kappa shape index (κ1) is 14.8. The first-order valence-electron chi connectivity index (χ1n) is 7.59. The van der Waals surface area contributed by atoms with Crippen LogP contribution in [0.3, 0.4) is 0 Å². The Kier molecular flexibility index (Phi) is 5.20. The highest BCUT2D eigenvalue weighted by Crippen LogP contribution is 2.36. The standard InChI is InChI=1S/C16H25ClN2/c1-4-5-13-6-8-14(9-7-13)16-18-10-15(11(2)17)12(3)19-16/h10-11,13-14H,4-9H2,1-3H3. The van der Waals surface area contributed by atoms with Gasteiger partial charge in [-0.05, 0) is 45.4 Å². The molecule has 0 aliphatic heterocycles. The van der Waals surface area contributed by atoms with Gasteiger partial charge >= 0.3 is 0 Å². The fourth-order valence-electron chi connectivity index (χ4n) is 3.20. The van der Waals surface area contributed by atoms with Crippen LogP contribution in [0.1, 0.15) is 80.7 Å². The molecule has 1 heterocycles. The van der Waals surface area contributed by atoms with Crippen LogP contribution in [-0.2, 0) is 0 Å². The van der Waals surface area contributed by atoms with E-state index in [1.807, 2.05) is 20.0 Å². The smallest absolute Gasteiger partial charge is 0.131 e. The van der Waals surface area contributed by atoms with Gasteiger partial charge in [-0.1, -0.05) is 19.8 Å². The third-order valence-corrected chi connectivity index (χ3v) is 4.61. The molecule has 106 valence electrons. The van der Waals surface area contributed by atoms with Crippen molar-refractivity contribution in [2.75, 3.05) is 0 Å². The lowest BCUT2D eigenvalue weighted by atomic mass is 9.80. The Bertz CT molecular complexity index is 409. The zero-order valence-corrected chi connectivity index (χ0v) is 13.1. The topological polar surface area (TPSA) is 25.8 Å². The number of aromatic nitrogens is 2. The summed E-state index contributed by atoms with van der Waals surface area (Å²) in [4.78, 5) is 9.25. The molecular formula is C16H25ClN2. The van der Waals surface area contributed by atoms with Gasteiger partial charge in [0.2, 0.25) is 0 Å². The zero-order valence-electron chi connectivity index (χ0n) is 12.3. The summed E-state index contributed by atoms with van der Waals surface area (Å²) in [5.41, 5.74) is 2.10. The molecule has 1 aliphatic carbocycles. The SMILES string of the molecule is CCCC1CCC(c2ncc(C(C)Cl)c(C)n2)CC1. The van der Waals surface area contributed by atoms with Crippen LogP contribution in [0.5, 0.6) is 0 Å².